The van der Waals surface area contributed by atoms with Gasteiger partial charge < -0.3 is 25.7 Å². The van der Waals surface area contributed by atoms with Gasteiger partial charge in [0.05, 0.1) is 11.9 Å². The van der Waals surface area contributed by atoms with E-state index in [0.29, 0.717) is 16.7 Å². The molecule has 0 saturated carbocycles. The van der Waals surface area contributed by atoms with Gasteiger partial charge in [0.1, 0.15) is 36.2 Å². The van der Waals surface area contributed by atoms with E-state index in [2.05, 4.69) is 26.9 Å². The zero-order valence-corrected chi connectivity index (χ0v) is 17.0. The van der Waals surface area contributed by atoms with E-state index in [4.69, 9.17) is 30.2 Å². The minimum Gasteiger partial charge on any atom is -0.383 e. The summed E-state index contributed by atoms with van der Waals surface area (Å²) in [4.78, 5) is 8.25. The molecule has 0 radical (unpaired) electrons. The number of aromatic nitrogens is 4. The van der Waals surface area contributed by atoms with E-state index < -0.39 is 40.6 Å². The number of hydrogen-bond donors (Lipinski definition) is 4. The zero-order chi connectivity index (χ0) is 21.7. The zero-order valence-electron chi connectivity index (χ0n) is 16.1. The number of hydrogen-bond acceptors (Lipinski definition) is 10. The van der Waals surface area contributed by atoms with Crippen LogP contribution in [0, 0.1) is 11.8 Å². The van der Waals surface area contributed by atoms with Crippen LogP contribution in [-0.2, 0) is 24.5 Å². The Morgan fingerprint density at radius 1 is 1.33 bits per heavy atom. The van der Waals surface area contributed by atoms with Gasteiger partial charge in [-0.05, 0) is 19.8 Å². The van der Waals surface area contributed by atoms with Crippen LogP contribution < -0.4 is 16.2 Å². The standard InChI is InChI=1S/C16H21N7O6S/c1-16(2)28-11-9(6-21-30(24,25)26)27-15(12(11)29-16)23-14-10(13(18)19-7-20-14)8(22-23)4-3-5-17/h7,9,11-12,15,21H,5-6,17H2,1-2H3,(H2,18,19,20)(H,24,25,26)/t9-,11-,12-,15-/m1/s1. The fourth-order valence-corrected chi connectivity index (χ4v) is 3.98. The van der Waals surface area contributed by atoms with E-state index in [1.807, 2.05) is 4.72 Å². The minimum atomic E-state index is -4.41. The topological polar surface area (TPSA) is 190 Å². The maximum Gasteiger partial charge on any atom is 0.333 e. The van der Waals surface area contributed by atoms with Crippen molar-refractivity contribution >= 4 is 27.2 Å². The third-order valence-electron chi connectivity index (χ3n) is 4.66. The third-order valence-corrected chi connectivity index (χ3v) is 5.19. The lowest BCUT2D eigenvalue weighted by molar-refractivity contribution is -0.196. The van der Waals surface area contributed by atoms with Crippen LogP contribution in [0.25, 0.3) is 11.0 Å². The molecule has 6 N–H and O–H groups in total. The summed E-state index contributed by atoms with van der Waals surface area (Å²) in [5.74, 6) is 4.82. The van der Waals surface area contributed by atoms with Crippen LogP contribution in [0.15, 0.2) is 6.33 Å². The van der Waals surface area contributed by atoms with Crippen molar-refractivity contribution in [2.75, 3.05) is 18.8 Å². The molecule has 30 heavy (non-hydrogen) atoms. The largest absolute Gasteiger partial charge is 0.383 e. The molecule has 0 bridgehead atoms. The first-order valence-corrected chi connectivity index (χ1v) is 10.4. The highest BCUT2D eigenvalue weighted by Gasteiger charge is 2.56. The van der Waals surface area contributed by atoms with Crippen molar-refractivity contribution in [2.24, 2.45) is 5.73 Å². The van der Waals surface area contributed by atoms with Crippen LogP contribution in [0.5, 0.6) is 0 Å². The Hall–Kier alpha value is -2.38. The molecule has 0 aliphatic carbocycles. The normalized spacial score (nSPS) is 27.7. The van der Waals surface area contributed by atoms with E-state index in [-0.39, 0.29) is 18.9 Å². The van der Waals surface area contributed by atoms with Gasteiger partial charge in [0.2, 0.25) is 0 Å². The average Bonchev–Trinajstić information content (AvgIpc) is 3.27. The lowest BCUT2D eigenvalue weighted by Crippen LogP contribution is -2.39. The molecule has 0 amide bonds. The number of nitrogens with two attached hydrogens (primary N) is 2. The Bertz CT molecular complexity index is 1140. The second kappa shape index (κ2) is 7.39. The number of anilines is 1. The predicted molar refractivity (Wildman–Crippen MR) is 103 cm³/mol. The number of nitrogens with zero attached hydrogens (tertiary/aromatic N) is 4. The maximum absolute atomic E-state index is 11.1. The molecule has 2 aliphatic heterocycles. The van der Waals surface area contributed by atoms with Crippen LogP contribution in [-0.4, -0.2) is 69.9 Å². The highest BCUT2D eigenvalue weighted by Crippen LogP contribution is 2.43. The van der Waals surface area contributed by atoms with E-state index in [9.17, 15) is 8.42 Å². The summed E-state index contributed by atoms with van der Waals surface area (Å²) in [6, 6.07) is 0. The molecule has 4 heterocycles. The number of fused-ring (bicyclic) bond motifs is 2. The first-order valence-electron chi connectivity index (χ1n) is 9.00. The summed E-state index contributed by atoms with van der Waals surface area (Å²) in [6.07, 6.45) is -1.56. The maximum atomic E-state index is 11.1. The Morgan fingerprint density at radius 2 is 2.07 bits per heavy atom. The second-order valence-corrected chi connectivity index (χ2v) is 8.45. The number of nitrogens with one attached hydrogen (secondary N) is 1. The Morgan fingerprint density at radius 3 is 2.77 bits per heavy atom. The molecule has 2 aliphatic rings. The van der Waals surface area contributed by atoms with Gasteiger partial charge in [0, 0.05) is 6.54 Å². The molecule has 2 fully saturated rings. The summed E-state index contributed by atoms with van der Waals surface area (Å²) < 4.78 is 52.6. The van der Waals surface area contributed by atoms with Crippen molar-refractivity contribution in [3.8, 4) is 11.8 Å². The molecule has 4 atom stereocenters. The van der Waals surface area contributed by atoms with Gasteiger partial charge in [-0.2, -0.15) is 18.2 Å². The van der Waals surface area contributed by atoms with E-state index in [0.717, 1.165) is 0 Å². The predicted octanol–water partition coefficient (Wildman–Crippen LogP) is -1.47. The number of ether oxygens (including phenoxy) is 3. The van der Waals surface area contributed by atoms with Crippen molar-refractivity contribution in [3.63, 3.8) is 0 Å². The summed E-state index contributed by atoms with van der Waals surface area (Å²) in [5.41, 5.74) is 12.2. The van der Waals surface area contributed by atoms with Gasteiger partial charge in [-0.15, -0.1) is 0 Å². The van der Waals surface area contributed by atoms with Gasteiger partial charge in [0.25, 0.3) is 0 Å². The Labute approximate surface area is 171 Å². The quantitative estimate of drug-likeness (QED) is 0.321. The molecular weight excluding hydrogens is 418 g/mol. The highest BCUT2D eigenvalue weighted by molar-refractivity contribution is 7.83. The number of rotatable bonds is 4. The fraction of sp³-hybridized carbons (Fsp3) is 0.562. The van der Waals surface area contributed by atoms with Gasteiger partial charge in [-0.3, -0.25) is 4.55 Å². The lowest BCUT2D eigenvalue weighted by Gasteiger charge is -2.24. The molecule has 0 spiro atoms. The molecule has 2 saturated heterocycles. The number of nitrogen functional groups attached to an aromatic ring is 1. The highest BCUT2D eigenvalue weighted by atomic mass is 32.2. The molecule has 0 unspecified atom stereocenters. The Balaban J connectivity index is 1.76. The second-order valence-electron chi connectivity index (χ2n) is 7.21. The van der Waals surface area contributed by atoms with Crippen LogP contribution in [0.3, 0.4) is 0 Å². The molecule has 0 aromatic carbocycles. The molecule has 2 aromatic rings. The van der Waals surface area contributed by atoms with Crippen molar-refractivity contribution in [2.45, 2.75) is 44.2 Å². The fourth-order valence-electron chi connectivity index (χ4n) is 3.60. The van der Waals surface area contributed by atoms with Gasteiger partial charge in [-0.1, -0.05) is 5.92 Å². The van der Waals surface area contributed by atoms with E-state index >= 15 is 0 Å². The monoisotopic (exact) mass is 439 g/mol. The molecule has 13 nitrogen and oxygen atoms in total. The van der Waals surface area contributed by atoms with Crippen LogP contribution >= 0.6 is 0 Å². The van der Waals surface area contributed by atoms with Gasteiger partial charge in [0.15, 0.2) is 17.7 Å². The molecule has 4 rings (SSSR count). The van der Waals surface area contributed by atoms with Crippen molar-refractivity contribution in [3.05, 3.63) is 12.0 Å². The minimum absolute atomic E-state index is 0.126. The van der Waals surface area contributed by atoms with Crippen LogP contribution in [0.2, 0.25) is 0 Å². The van der Waals surface area contributed by atoms with E-state index in [1.54, 1.807) is 13.8 Å². The lowest BCUT2D eigenvalue weighted by atomic mass is 10.1. The third kappa shape index (κ3) is 3.84. The SMILES string of the molecule is CC1(C)O[C@@H]2[C@H](O1)[C@@H](CNS(=O)(=O)O)O[C@H]2n1nc(C#CCN)c2c(N)ncnc21. The molecule has 2 aromatic heterocycles. The van der Waals surface area contributed by atoms with E-state index in [1.165, 1.54) is 11.0 Å². The summed E-state index contributed by atoms with van der Waals surface area (Å²) in [6.45, 7) is 3.36. The Kier molecular flexibility index (Phi) is 5.14. The van der Waals surface area contributed by atoms with Crippen LogP contribution in [0.4, 0.5) is 5.82 Å². The summed E-state index contributed by atoms with van der Waals surface area (Å²) in [5, 5.41) is 4.92. The molecule has 14 heteroatoms. The molecule has 162 valence electrons. The first-order chi connectivity index (χ1) is 14.1. The summed E-state index contributed by atoms with van der Waals surface area (Å²) in [7, 11) is -4.41. The summed E-state index contributed by atoms with van der Waals surface area (Å²) >= 11 is 0. The smallest absolute Gasteiger partial charge is 0.333 e. The van der Waals surface area contributed by atoms with Crippen molar-refractivity contribution in [1.29, 1.82) is 0 Å². The van der Waals surface area contributed by atoms with Gasteiger partial charge >= 0.3 is 10.3 Å². The average molecular weight is 439 g/mol. The van der Waals surface area contributed by atoms with Crippen molar-refractivity contribution in [1.82, 2.24) is 24.5 Å². The van der Waals surface area contributed by atoms with Gasteiger partial charge in [-0.25, -0.2) is 14.6 Å². The molecular formula is C16H21N7O6S. The first kappa shape index (κ1) is 20.9. The van der Waals surface area contributed by atoms with Crippen molar-refractivity contribution < 1.29 is 27.2 Å². The van der Waals surface area contributed by atoms with Crippen LogP contribution in [0.1, 0.15) is 25.8 Å².